The van der Waals surface area contributed by atoms with Crippen LogP contribution >= 0.6 is 15.9 Å². The second-order valence-electron chi connectivity index (χ2n) is 5.40. The molecule has 0 bridgehead atoms. The Labute approximate surface area is 132 Å². The highest BCUT2D eigenvalue weighted by Crippen LogP contribution is 2.32. The van der Waals surface area contributed by atoms with E-state index in [4.69, 9.17) is 5.11 Å². The summed E-state index contributed by atoms with van der Waals surface area (Å²) in [5, 5.41) is 11.9. The fourth-order valence-corrected chi connectivity index (χ4v) is 3.18. The van der Waals surface area contributed by atoms with Crippen molar-refractivity contribution in [3.8, 4) is 0 Å². The van der Waals surface area contributed by atoms with E-state index in [1.165, 1.54) is 6.08 Å². The summed E-state index contributed by atoms with van der Waals surface area (Å²) < 4.78 is 0.912. The Morgan fingerprint density at radius 1 is 1.29 bits per heavy atom. The van der Waals surface area contributed by atoms with Crippen LogP contribution in [-0.4, -0.2) is 22.5 Å². The molecule has 1 aliphatic carbocycles. The van der Waals surface area contributed by atoms with Gasteiger partial charge in [0, 0.05) is 10.5 Å². The fourth-order valence-electron chi connectivity index (χ4n) is 2.77. The fraction of sp³-hybridized carbons (Fsp3) is 0.375. The average molecular weight is 352 g/mol. The molecule has 4 nitrogen and oxygen atoms in total. The molecule has 1 amide bonds. The molecule has 0 unspecified atom stereocenters. The first-order chi connectivity index (χ1) is 10.0. The van der Waals surface area contributed by atoms with Crippen LogP contribution in [0.3, 0.4) is 0 Å². The van der Waals surface area contributed by atoms with Crippen molar-refractivity contribution in [3.63, 3.8) is 0 Å². The molecular formula is C16H18BrNO3. The number of carbonyl (C=O) groups is 2. The standard InChI is InChI=1S/C16H18BrNO3/c17-13-6-2-1-5-12(13)7-8-14(19)18-16(11-15(20)21)9-3-4-10-16/h1-2,5-8H,3-4,9-11H2,(H,18,19)(H,20,21). The van der Waals surface area contributed by atoms with Crippen molar-refractivity contribution in [3.05, 3.63) is 40.4 Å². The van der Waals surface area contributed by atoms with Gasteiger partial charge in [0.15, 0.2) is 0 Å². The van der Waals surface area contributed by atoms with E-state index in [0.717, 1.165) is 35.7 Å². The lowest BCUT2D eigenvalue weighted by Crippen LogP contribution is -2.47. The number of carbonyl (C=O) groups excluding carboxylic acids is 1. The van der Waals surface area contributed by atoms with Crippen LogP contribution in [0, 0.1) is 0 Å². The minimum Gasteiger partial charge on any atom is -0.481 e. The summed E-state index contributed by atoms with van der Waals surface area (Å²) in [6, 6.07) is 7.60. The monoisotopic (exact) mass is 351 g/mol. The second-order valence-corrected chi connectivity index (χ2v) is 6.26. The van der Waals surface area contributed by atoms with Crippen molar-refractivity contribution in [1.29, 1.82) is 0 Å². The number of hydrogen-bond acceptors (Lipinski definition) is 2. The molecule has 1 aromatic rings. The van der Waals surface area contributed by atoms with Crippen LogP contribution in [0.1, 0.15) is 37.7 Å². The highest BCUT2D eigenvalue weighted by Gasteiger charge is 2.36. The summed E-state index contributed by atoms with van der Waals surface area (Å²) in [5.74, 6) is -1.11. The van der Waals surface area contributed by atoms with Gasteiger partial charge in [-0.1, -0.05) is 47.0 Å². The van der Waals surface area contributed by atoms with Crippen LogP contribution in [-0.2, 0) is 9.59 Å². The van der Waals surface area contributed by atoms with Crippen LogP contribution in [0.25, 0.3) is 6.08 Å². The lowest BCUT2D eigenvalue weighted by molar-refractivity contribution is -0.139. The number of nitrogens with one attached hydrogen (secondary N) is 1. The van der Waals surface area contributed by atoms with Gasteiger partial charge in [-0.3, -0.25) is 9.59 Å². The normalized spacial score (nSPS) is 17.0. The van der Waals surface area contributed by atoms with Crippen LogP contribution in [0.15, 0.2) is 34.8 Å². The van der Waals surface area contributed by atoms with E-state index >= 15 is 0 Å². The highest BCUT2D eigenvalue weighted by molar-refractivity contribution is 9.10. The maximum atomic E-state index is 12.1. The zero-order valence-electron chi connectivity index (χ0n) is 11.6. The number of hydrogen-bond donors (Lipinski definition) is 2. The third-order valence-electron chi connectivity index (χ3n) is 3.76. The van der Waals surface area contributed by atoms with Crippen molar-refractivity contribution in [2.24, 2.45) is 0 Å². The summed E-state index contributed by atoms with van der Waals surface area (Å²) in [7, 11) is 0. The predicted octanol–water partition coefficient (Wildman–Crippen LogP) is 3.37. The number of aliphatic carboxylic acids is 1. The smallest absolute Gasteiger partial charge is 0.305 e. The molecular weight excluding hydrogens is 334 g/mol. The minimum absolute atomic E-state index is 0.0123. The Balaban J connectivity index is 2.03. The topological polar surface area (TPSA) is 66.4 Å². The Bertz CT molecular complexity index is 562. The Morgan fingerprint density at radius 2 is 1.95 bits per heavy atom. The van der Waals surface area contributed by atoms with Gasteiger partial charge in [0.2, 0.25) is 5.91 Å². The number of carboxylic acids is 1. The molecule has 112 valence electrons. The zero-order valence-corrected chi connectivity index (χ0v) is 13.2. The summed E-state index contributed by atoms with van der Waals surface area (Å²) in [4.78, 5) is 23.1. The van der Waals surface area contributed by atoms with E-state index in [2.05, 4.69) is 21.2 Å². The SMILES string of the molecule is O=C(O)CC1(NC(=O)C=Cc2ccccc2Br)CCCC1. The van der Waals surface area contributed by atoms with Crippen molar-refractivity contribution in [1.82, 2.24) is 5.32 Å². The van der Waals surface area contributed by atoms with Crippen LogP contribution in [0.5, 0.6) is 0 Å². The average Bonchev–Trinajstić information content (AvgIpc) is 2.85. The molecule has 0 aliphatic heterocycles. The van der Waals surface area contributed by atoms with Gasteiger partial charge in [0.25, 0.3) is 0 Å². The van der Waals surface area contributed by atoms with Gasteiger partial charge in [0.1, 0.15) is 0 Å². The van der Waals surface area contributed by atoms with E-state index < -0.39 is 11.5 Å². The van der Waals surface area contributed by atoms with E-state index in [1.54, 1.807) is 6.08 Å². The number of amides is 1. The maximum Gasteiger partial charge on any atom is 0.305 e. The van der Waals surface area contributed by atoms with Gasteiger partial charge in [-0.15, -0.1) is 0 Å². The molecule has 2 rings (SSSR count). The van der Waals surface area contributed by atoms with E-state index in [-0.39, 0.29) is 12.3 Å². The molecule has 5 heteroatoms. The molecule has 1 saturated carbocycles. The number of rotatable bonds is 5. The first-order valence-electron chi connectivity index (χ1n) is 6.97. The second kappa shape index (κ2) is 6.89. The van der Waals surface area contributed by atoms with Gasteiger partial charge >= 0.3 is 5.97 Å². The molecule has 1 aromatic carbocycles. The Kier molecular flexibility index (Phi) is 5.17. The molecule has 21 heavy (non-hydrogen) atoms. The van der Waals surface area contributed by atoms with E-state index in [0.29, 0.717) is 0 Å². The third-order valence-corrected chi connectivity index (χ3v) is 4.48. The van der Waals surface area contributed by atoms with Gasteiger partial charge in [-0.05, 0) is 30.5 Å². The molecule has 0 heterocycles. The lowest BCUT2D eigenvalue weighted by atomic mass is 9.93. The maximum absolute atomic E-state index is 12.1. The van der Waals surface area contributed by atoms with Gasteiger partial charge in [0.05, 0.1) is 12.0 Å². The molecule has 0 spiro atoms. The summed E-state index contributed by atoms with van der Waals surface area (Å²) in [6.07, 6.45) is 6.55. The van der Waals surface area contributed by atoms with Crippen molar-refractivity contribution in [2.75, 3.05) is 0 Å². The van der Waals surface area contributed by atoms with Crippen LogP contribution in [0.4, 0.5) is 0 Å². The first-order valence-corrected chi connectivity index (χ1v) is 7.77. The molecule has 1 aliphatic rings. The first kappa shape index (κ1) is 15.8. The Morgan fingerprint density at radius 3 is 2.57 bits per heavy atom. The van der Waals surface area contributed by atoms with Crippen molar-refractivity contribution >= 4 is 33.9 Å². The Hall–Kier alpha value is -1.62. The van der Waals surface area contributed by atoms with E-state index in [1.807, 2.05) is 24.3 Å². The van der Waals surface area contributed by atoms with Crippen molar-refractivity contribution < 1.29 is 14.7 Å². The third kappa shape index (κ3) is 4.43. The lowest BCUT2D eigenvalue weighted by Gasteiger charge is -2.28. The summed E-state index contributed by atoms with van der Waals surface area (Å²) in [5.41, 5.74) is 0.326. The van der Waals surface area contributed by atoms with Crippen molar-refractivity contribution in [2.45, 2.75) is 37.6 Å². The molecule has 0 saturated heterocycles. The minimum atomic E-state index is -0.869. The largest absolute Gasteiger partial charge is 0.481 e. The molecule has 1 fully saturated rings. The quantitative estimate of drug-likeness (QED) is 0.799. The van der Waals surface area contributed by atoms with Gasteiger partial charge in [-0.2, -0.15) is 0 Å². The number of halogens is 1. The molecule has 2 N–H and O–H groups in total. The van der Waals surface area contributed by atoms with E-state index in [9.17, 15) is 9.59 Å². The summed E-state index contributed by atoms with van der Waals surface area (Å²) >= 11 is 3.42. The predicted molar refractivity (Wildman–Crippen MR) is 84.8 cm³/mol. The number of benzene rings is 1. The number of carboxylic acid groups (broad SMARTS) is 1. The zero-order chi connectivity index (χ0) is 15.3. The van der Waals surface area contributed by atoms with Crippen LogP contribution in [0.2, 0.25) is 0 Å². The summed E-state index contributed by atoms with van der Waals surface area (Å²) in [6.45, 7) is 0. The molecule has 0 aromatic heterocycles. The highest BCUT2D eigenvalue weighted by atomic mass is 79.9. The molecule has 0 radical (unpaired) electrons. The van der Waals surface area contributed by atoms with Gasteiger partial charge < -0.3 is 10.4 Å². The van der Waals surface area contributed by atoms with Gasteiger partial charge in [-0.25, -0.2) is 0 Å². The molecule has 0 atom stereocenters. The van der Waals surface area contributed by atoms with Crippen LogP contribution < -0.4 is 5.32 Å².